The summed E-state index contributed by atoms with van der Waals surface area (Å²) < 4.78 is 0.439. The van der Waals surface area contributed by atoms with Crippen LogP contribution >= 0.6 is 12.2 Å². The van der Waals surface area contributed by atoms with Gasteiger partial charge in [-0.2, -0.15) is 0 Å². The third kappa shape index (κ3) is 2.82. The van der Waals surface area contributed by atoms with Gasteiger partial charge in [0.25, 0.3) is 0 Å². The van der Waals surface area contributed by atoms with E-state index in [4.69, 9.17) is 18.0 Å². The standard InChI is InChI=1S/C5H5N5S.C4H4N2/c6-5-9-3-2(4(11)10-5)7-1-8-3;1-2-5-4-6-3-1/h1H,(H4,6,7,8,9,10,11);1-4H. The highest BCUT2D eigenvalue weighted by molar-refractivity contribution is 7.71. The number of hydrogen-bond donors (Lipinski definition) is 3. The molecule has 4 N–H and O–H groups in total. The first-order valence-electron chi connectivity index (χ1n) is 4.66. The minimum atomic E-state index is 0.287. The Labute approximate surface area is 101 Å². The van der Waals surface area contributed by atoms with Gasteiger partial charge in [-0.3, -0.25) is 0 Å². The molecule has 8 heteroatoms. The second-order valence-electron chi connectivity index (χ2n) is 2.96. The van der Waals surface area contributed by atoms with E-state index in [-0.39, 0.29) is 5.95 Å². The van der Waals surface area contributed by atoms with Crippen molar-refractivity contribution < 1.29 is 0 Å². The smallest absolute Gasteiger partial charge is 0.200 e. The van der Waals surface area contributed by atoms with E-state index in [0.29, 0.717) is 15.8 Å². The summed E-state index contributed by atoms with van der Waals surface area (Å²) in [6.07, 6.45) is 6.41. The van der Waals surface area contributed by atoms with E-state index in [2.05, 4.69) is 29.9 Å². The zero-order valence-corrected chi connectivity index (χ0v) is 9.48. The summed E-state index contributed by atoms with van der Waals surface area (Å²) in [5, 5.41) is 0. The molecule has 17 heavy (non-hydrogen) atoms. The van der Waals surface area contributed by atoms with Crippen molar-refractivity contribution in [1.82, 2.24) is 29.9 Å². The maximum absolute atomic E-state index is 5.40. The molecule has 3 aromatic heterocycles. The lowest BCUT2D eigenvalue weighted by molar-refractivity contribution is 1.17. The van der Waals surface area contributed by atoms with Gasteiger partial charge < -0.3 is 15.7 Å². The summed E-state index contributed by atoms with van der Waals surface area (Å²) in [4.78, 5) is 20.7. The third-order valence-electron chi connectivity index (χ3n) is 1.80. The van der Waals surface area contributed by atoms with Crippen LogP contribution in [0.25, 0.3) is 11.2 Å². The van der Waals surface area contributed by atoms with Gasteiger partial charge in [0.1, 0.15) is 11.8 Å². The lowest BCUT2D eigenvalue weighted by atomic mass is 10.6. The van der Waals surface area contributed by atoms with Gasteiger partial charge in [0.15, 0.2) is 10.3 Å². The Morgan fingerprint density at radius 1 is 1.24 bits per heavy atom. The van der Waals surface area contributed by atoms with Crippen LogP contribution in [-0.4, -0.2) is 29.9 Å². The molecule has 0 saturated carbocycles. The van der Waals surface area contributed by atoms with E-state index in [1.807, 2.05) is 0 Å². The number of H-pyrrole nitrogens is 2. The van der Waals surface area contributed by atoms with E-state index in [9.17, 15) is 0 Å². The number of imidazole rings is 1. The van der Waals surface area contributed by atoms with Crippen molar-refractivity contribution in [3.63, 3.8) is 0 Å². The SMILES string of the molecule is Nc1nc(=S)c2[nH]cnc2[nH]1.c1cncnc1. The number of hydrogen-bond acceptors (Lipinski definition) is 6. The molecule has 0 saturated heterocycles. The lowest BCUT2D eigenvalue weighted by Crippen LogP contribution is -1.94. The van der Waals surface area contributed by atoms with Crippen molar-refractivity contribution in [1.29, 1.82) is 0 Å². The average molecular weight is 247 g/mol. The summed E-state index contributed by atoms with van der Waals surface area (Å²) in [5.74, 6) is 0.287. The molecule has 7 nitrogen and oxygen atoms in total. The predicted octanol–water partition coefficient (Wildman–Crippen LogP) is 1.07. The Bertz CT molecular complexity index is 618. The molecule has 0 bridgehead atoms. The van der Waals surface area contributed by atoms with E-state index in [0.717, 1.165) is 0 Å². The molecule has 0 aromatic carbocycles. The van der Waals surface area contributed by atoms with Gasteiger partial charge in [-0.1, -0.05) is 12.2 Å². The molecule has 0 radical (unpaired) electrons. The van der Waals surface area contributed by atoms with Gasteiger partial charge in [-0.15, -0.1) is 0 Å². The van der Waals surface area contributed by atoms with Crippen LogP contribution in [0.1, 0.15) is 0 Å². The number of fused-ring (bicyclic) bond motifs is 1. The number of nitrogens with one attached hydrogen (secondary N) is 2. The van der Waals surface area contributed by atoms with Gasteiger partial charge in [-0.05, 0) is 6.07 Å². The maximum atomic E-state index is 5.40. The average Bonchev–Trinajstić information content (AvgIpc) is 2.80. The fourth-order valence-electron chi connectivity index (χ4n) is 1.12. The van der Waals surface area contributed by atoms with Gasteiger partial charge >= 0.3 is 0 Å². The normalized spacial score (nSPS) is 9.65. The van der Waals surface area contributed by atoms with E-state index >= 15 is 0 Å². The maximum Gasteiger partial charge on any atom is 0.200 e. The van der Waals surface area contributed by atoms with Crippen LogP contribution in [0.15, 0.2) is 31.1 Å². The van der Waals surface area contributed by atoms with Crippen molar-refractivity contribution in [3.8, 4) is 0 Å². The number of anilines is 1. The highest BCUT2D eigenvalue weighted by atomic mass is 32.1. The molecule has 3 aromatic rings. The molecule has 0 unspecified atom stereocenters. The Morgan fingerprint density at radius 2 is 2.00 bits per heavy atom. The fraction of sp³-hybridized carbons (Fsp3) is 0. The summed E-state index contributed by atoms with van der Waals surface area (Å²) in [5.41, 5.74) is 6.75. The van der Waals surface area contributed by atoms with Crippen molar-refractivity contribution in [3.05, 3.63) is 35.8 Å². The lowest BCUT2D eigenvalue weighted by Gasteiger charge is -1.91. The number of aromatic nitrogens is 6. The highest BCUT2D eigenvalue weighted by Crippen LogP contribution is 2.06. The topological polar surface area (TPSA) is 109 Å². The molecule has 3 heterocycles. The molecular formula is C9H9N7S. The predicted molar refractivity (Wildman–Crippen MR) is 65.5 cm³/mol. The van der Waals surface area contributed by atoms with E-state index in [1.165, 1.54) is 12.7 Å². The molecular weight excluding hydrogens is 238 g/mol. The fourth-order valence-corrected chi connectivity index (χ4v) is 1.37. The zero-order chi connectivity index (χ0) is 12.1. The quantitative estimate of drug-likeness (QED) is 0.513. The van der Waals surface area contributed by atoms with E-state index in [1.54, 1.807) is 18.5 Å². The minimum Gasteiger partial charge on any atom is -0.369 e. The molecule has 0 aliphatic heterocycles. The zero-order valence-electron chi connectivity index (χ0n) is 8.66. The summed E-state index contributed by atoms with van der Waals surface area (Å²) in [6, 6.07) is 1.78. The van der Waals surface area contributed by atoms with Crippen molar-refractivity contribution in [2.45, 2.75) is 0 Å². The number of nitrogens with zero attached hydrogens (tertiary/aromatic N) is 4. The molecule has 0 atom stereocenters. The molecule has 0 fully saturated rings. The number of aromatic amines is 2. The first-order valence-corrected chi connectivity index (χ1v) is 5.07. The number of nitrogen functional groups attached to an aromatic ring is 1. The molecule has 0 amide bonds. The monoisotopic (exact) mass is 247 g/mol. The Balaban J connectivity index is 0.000000153. The molecule has 3 rings (SSSR count). The van der Waals surface area contributed by atoms with Crippen LogP contribution in [-0.2, 0) is 0 Å². The minimum absolute atomic E-state index is 0.287. The van der Waals surface area contributed by atoms with Crippen molar-refractivity contribution >= 4 is 29.3 Å². The van der Waals surface area contributed by atoms with Gasteiger partial charge in [-0.25, -0.2) is 19.9 Å². The van der Waals surface area contributed by atoms with Crippen LogP contribution in [0.3, 0.4) is 0 Å². The first kappa shape index (κ1) is 11.1. The number of rotatable bonds is 0. The Kier molecular flexibility index (Phi) is 3.36. The second kappa shape index (κ2) is 5.12. The molecule has 0 aliphatic carbocycles. The van der Waals surface area contributed by atoms with Crippen LogP contribution in [0.4, 0.5) is 5.95 Å². The van der Waals surface area contributed by atoms with Gasteiger partial charge in [0, 0.05) is 12.4 Å². The largest absolute Gasteiger partial charge is 0.369 e. The summed E-state index contributed by atoms with van der Waals surface area (Å²) in [6.45, 7) is 0. The van der Waals surface area contributed by atoms with Crippen molar-refractivity contribution in [2.75, 3.05) is 5.73 Å². The first-order chi connectivity index (χ1) is 8.27. The second-order valence-corrected chi connectivity index (χ2v) is 3.34. The highest BCUT2D eigenvalue weighted by Gasteiger charge is 1.98. The third-order valence-corrected chi connectivity index (χ3v) is 2.09. The molecule has 0 spiro atoms. The molecule has 0 aliphatic rings. The van der Waals surface area contributed by atoms with Crippen molar-refractivity contribution in [2.24, 2.45) is 0 Å². The number of nitrogens with two attached hydrogens (primary N) is 1. The van der Waals surface area contributed by atoms with Gasteiger partial charge in [0.05, 0.1) is 6.33 Å². The molecule has 86 valence electrons. The van der Waals surface area contributed by atoms with Gasteiger partial charge in [0.2, 0.25) is 5.95 Å². The van der Waals surface area contributed by atoms with Crippen LogP contribution in [0.5, 0.6) is 0 Å². The van der Waals surface area contributed by atoms with Crippen LogP contribution in [0, 0.1) is 4.64 Å². The van der Waals surface area contributed by atoms with E-state index < -0.39 is 0 Å². The summed E-state index contributed by atoms with van der Waals surface area (Å²) >= 11 is 4.91. The Hall–Kier alpha value is -2.35. The van der Waals surface area contributed by atoms with Crippen LogP contribution in [0.2, 0.25) is 0 Å². The Morgan fingerprint density at radius 3 is 2.59 bits per heavy atom. The van der Waals surface area contributed by atoms with Crippen LogP contribution < -0.4 is 5.73 Å². The summed E-state index contributed by atoms with van der Waals surface area (Å²) in [7, 11) is 0.